The highest BCUT2D eigenvalue weighted by molar-refractivity contribution is 6.29. The van der Waals surface area contributed by atoms with Crippen LogP contribution in [0.25, 0.3) is 17.0 Å². The van der Waals surface area contributed by atoms with Crippen molar-refractivity contribution in [1.29, 1.82) is 0 Å². The summed E-state index contributed by atoms with van der Waals surface area (Å²) in [7, 11) is 1.99. The first-order valence-electron chi connectivity index (χ1n) is 8.47. The van der Waals surface area contributed by atoms with E-state index in [0.29, 0.717) is 11.3 Å². The van der Waals surface area contributed by atoms with Crippen LogP contribution < -0.4 is 5.43 Å². The molecule has 0 aliphatic carbocycles. The molecule has 2 heterocycles. The third kappa shape index (κ3) is 2.67. The Kier molecular flexibility index (Phi) is 3.84. The number of phenols is 1. The average Bonchev–Trinajstić information content (AvgIpc) is 3.17. The van der Waals surface area contributed by atoms with E-state index in [4.69, 9.17) is 0 Å². The van der Waals surface area contributed by atoms with Crippen molar-refractivity contribution in [3.05, 3.63) is 71.4 Å². The quantitative estimate of drug-likeness (QED) is 0.713. The van der Waals surface area contributed by atoms with Crippen LogP contribution in [0, 0.1) is 0 Å². The molecule has 0 bridgehead atoms. The molecular formula is C21H19N3O2. The summed E-state index contributed by atoms with van der Waals surface area (Å²) in [4.78, 5) is 12.4. The Bertz CT molecular complexity index is 1060. The minimum Gasteiger partial charge on any atom is -0.508 e. The number of amides is 1. The van der Waals surface area contributed by atoms with Gasteiger partial charge < -0.3 is 9.67 Å². The summed E-state index contributed by atoms with van der Waals surface area (Å²) >= 11 is 0. The highest BCUT2D eigenvalue weighted by atomic mass is 16.3. The van der Waals surface area contributed by atoms with Crippen LogP contribution in [0.15, 0.2) is 65.4 Å². The highest BCUT2D eigenvalue weighted by Gasteiger charge is 2.28. The number of hydrogen-bond donors (Lipinski definition) is 2. The number of aryl methyl sites for hydroxylation is 1. The van der Waals surface area contributed by atoms with E-state index in [9.17, 15) is 9.90 Å². The molecule has 5 heteroatoms. The van der Waals surface area contributed by atoms with Crippen LogP contribution >= 0.6 is 0 Å². The van der Waals surface area contributed by atoms with E-state index in [1.165, 1.54) is 0 Å². The number of rotatable bonds is 3. The molecule has 1 aliphatic rings. The van der Waals surface area contributed by atoms with E-state index >= 15 is 0 Å². The van der Waals surface area contributed by atoms with Crippen molar-refractivity contribution in [2.24, 2.45) is 12.1 Å². The van der Waals surface area contributed by atoms with Gasteiger partial charge in [-0.15, -0.1) is 0 Å². The Hall–Kier alpha value is -3.34. The van der Waals surface area contributed by atoms with Gasteiger partial charge in [0.1, 0.15) is 5.75 Å². The number of aromatic nitrogens is 1. The maximum atomic E-state index is 12.4. The lowest BCUT2D eigenvalue weighted by Gasteiger charge is -2.12. The Morgan fingerprint density at radius 2 is 1.88 bits per heavy atom. The summed E-state index contributed by atoms with van der Waals surface area (Å²) in [5.74, 6) is -0.0515. The molecule has 0 spiro atoms. The number of hydrogen-bond acceptors (Lipinski definition) is 3. The second-order valence-electron chi connectivity index (χ2n) is 6.52. The van der Waals surface area contributed by atoms with Crippen molar-refractivity contribution in [2.75, 3.05) is 0 Å². The zero-order valence-corrected chi connectivity index (χ0v) is 14.6. The van der Waals surface area contributed by atoms with Gasteiger partial charge in [0.2, 0.25) is 0 Å². The lowest BCUT2D eigenvalue weighted by molar-refractivity contribution is -0.116. The second-order valence-corrected chi connectivity index (χ2v) is 6.52. The molecular weight excluding hydrogens is 326 g/mol. The number of benzene rings is 2. The monoisotopic (exact) mass is 345 g/mol. The molecule has 0 fully saturated rings. The molecule has 4 rings (SSSR count). The van der Waals surface area contributed by atoms with E-state index in [2.05, 4.69) is 27.2 Å². The van der Waals surface area contributed by atoms with Crippen LogP contribution in [0.2, 0.25) is 0 Å². The van der Waals surface area contributed by atoms with E-state index in [-0.39, 0.29) is 17.6 Å². The Morgan fingerprint density at radius 3 is 2.65 bits per heavy atom. The maximum Gasteiger partial charge on any atom is 0.273 e. The molecule has 1 aromatic heterocycles. The van der Waals surface area contributed by atoms with Crippen molar-refractivity contribution in [3.8, 4) is 5.75 Å². The van der Waals surface area contributed by atoms with E-state index in [1.54, 1.807) is 12.1 Å². The summed E-state index contributed by atoms with van der Waals surface area (Å²) < 4.78 is 2.05. The number of aromatic hydroxyl groups is 1. The second kappa shape index (κ2) is 6.19. The first-order chi connectivity index (χ1) is 12.5. The predicted octanol–water partition coefficient (Wildman–Crippen LogP) is 3.56. The molecule has 1 aliphatic heterocycles. The fourth-order valence-corrected chi connectivity index (χ4v) is 3.38. The molecule has 0 radical (unpaired) electrons. The van der Waals surface area contributed by atoms with Gasteiger partial charge >= 0.3 is 0 Å². The molecule has 1 unspecified atom stereocenters. The van der Waals surface area contributed by atoms with Gasteiger partial charge in [-0.25, -0.2) is 5.43 Å². The number of nitrogens with one attached hydrogen (secondary N) is 1. The predicted molar refractivity (Wildman–Crippen MR) is 103 cm³/mol. The SMILES string of the molecule is CC(C1=NNC(=O)C1=Cc1cn(C)c2ccccc12)c1ccc(O)cc1. The van der Waals surface area contributed by atoms with Crippen LogP contribution in [0.5, 0.6) is 5.75 Å². The van der Waals surface area contributed by atoms with E-state index < -0.39 is 0 Å². The van der Waals surface area contributed by atoms with Crippen molar-refractivity contribution in [1.82, 2.24) is 9.99 Å². The van der Waals surface area contributed by atoms with Crippen LogP contribution in [0.1, 0.15) is 24.0 Å². The van der Waals surface area contributed by atoms with Crippen molar-refractivity contribution < 1.29 is 9.90 Å². The molecule has 1 amide bonds. The van der Waals surface area contributed by atoms with Gasteiger partial charge in [0.05, 0.1) is 11.3 Å². The van der Waals surface area contributed by atoms with Crippen LogP contribution in [0.3, 0.4) is 0 Å². The lowest BCUT2D eigenvalue weighted by atomic mass is 9.90. The summed E-state index contributed by atoms with van der Waals surface area (Å²) in [6.45, 7) is 2.00. The Balaban J connectivity index is 1.76. The number of nitrogens with zero attached hydrogens (tertiary/aromatic N) is 2. The number of phenolic OH excluding ortho intramolecular Hbond substituents is 1. The molecule has 0 saturated carbocycles. The van der Waals surface area contributed by atoms with Crippen LogP contribution in [-0.2, 0) is 11.8 Å². The van der Waals surface area contributed by atoms with Gasteiger partial charge in [-0.3, -0.25) is 4.79 Å². The third-order valence-electron chi connectivity index (χ3n) is 4.83. The average molecular weight is 345 g/mol. The minimum atomic E-state index is -0.196. The normalized spacial score (nSPS) is 16.8. The molecule has 2 N–H and O–H groups in total. The lowest BCUT2D eigenvalue weighted by Crippen LogP contribution is -2.15. The zero-order chi connectivity index (χ0) is 18.3. The highest BCUT2D eigenvalue weighted by Crippen LogP contribution is 2.28. The number of hydrazone groups is 1. The fourth-order valence-electron chi connectivity index (χ4n) is 3.38. The van der Waals surface area contributed by atoms with Gasteiger partial charge in [-0.1, -0.05) is 37.3 Å². The smallest absolute Gasteiger partial charge is 0.273 e. The van der Waals surface area contributed by atoms with Gasteiger partial charge in [-0.2, -0.15) is 5.10 Å². The molecule has 1 atom stereocenters. The van der Waals surface area contributed by atoms with Gasteiger partial charge in [0.15, 0.2) is 0 Å². The third-order valence-corrected chi connectivity index (χ3v) is 4.83. The molecule has 0 saturated heterocycles. The summed E-state index contributed by atoms with van der Waals surface area (Å²) in [6.07, 6.45) is 3.92. The minimum absolute atomic E-state index is 0.0734. The fraction of sp³-hybridized carbons (Fsp3) is 0.143. The Labute approximate surface area is 151 Å². The molecule has 26 heavy (non-hydrogen) atoms. The molecule has 2 aromatic carbocycles. The number of fused-ring (bicyclic) bond motifs is 1. The first kappa shape index (κ1) is 16.1. The van der Waals surface area contributed by atoms with Gasteiger partial charge in [-0.05, 0) is 29.8 Å². The summed E-state index contributed by atoms with van der Waals surface area (Å²) in [5.41, 5.74) is 6.94. The molecule has 3 aromatic rings. The van der Waals surface area contributed by atoms with Gasteiger partial charge in [0.25, 0.3) is 5.91 Å². The number of carbonyl (C=O) groups excluding carboxylic acids is 1. The van der Waals surface area contributed by atoms with Crippen molar-refractivity contribution in [2.45, 2.75) is 12.8 Å². The summed E-state index contributed by atoms with van der Waals surface area (Å²) in [6, 6.07) is 15.1. The summed E-state index contributed by atoms with van der Waals surface area (Å²) in [5, 5.41) is 14.8. The van der Waals surface area contributed by atoms with Crippen LogP contribution in [0.4, 0.5) is 0 Å². The van der Waals surface area contributed by atoms with E-state index in [0.717, 1.165) is 22.0 Å². The molecule has 130 valence electrons. The topological polar surface area (TPSA) is 66.6 Å². The largest absolute Gasteiger partial charge is 0.508 e. The van der Waals surface area contributed by atoms with Crippen molar-refractivity contribution in [3.63, 3.8) is 0 Å². The number of para-hydroxylation sites is 1. The van der Waals surface area contributed by atoms with E-state index in [1.807, 2.05) is 50.5 Å². The molecule has 5 nitrogen and oxygen atoms in total. The number of carbonyl (C=O) groups is 1. The van der Waals surface area contributed by atoms with Crippen molar-refractivity contribution >= 4 is 28.6 Å². The Morgan fingerprint density at radius 1 is 1.15 bits per heavy atom. The zero-order valence-electron chi connectivity index (χ0n) is 14.6. The van der Waals surface area contributed by atoms with Crippen LogP contribution in [-0.4, -0.2) is 21.3 Å². The first-order valence-corrected chi connectivity index (χ1v) is 8.47. The maximum absolute atomic E-state index is 12.4. The van der Waals surface area contributed by atoms with Gasteiger partial charge in [0, 0.05) is 35.6 Å². The standard InChI is InChI=1S/C21H19N3O2/c1-13(14-7-9-16(25)10-8-14)20-18(21(26)23-22-20)11-15-12-24(2)19-6-4-3-5-17(15)19/h3-13,25H,1-2H3,(H,23,26).